The van der Waals surface area contributed by atoms with Crippen molar-refractivity contribution in [2.45, 2.75) is 45.9 Å². The van der Waals surface area contributed by atoms with Crippen molar-refractivity contribution in [1.29, 1.82) is 0 Å². The quantitative estimate of drug-likeness (QED) is 0.301. The van der Waals surface area contributed by atoms with E-state index in [0.717, 1.165) is 47.5 Å². The molecule has 1 aromatic carbocycles. The third-order valence-electron chi connectivity index (χ3n) is 6.22. The topological polar surface area (TPSA) is 90.9 Å². The zero-order valence-corrected chi connectivity index (χ0v) is 24.2. The van der Waals surface area contributed by atoms with Gasteiger partial charge in [-0.2, -0.15) is 0 Å². The minimum atomic E-state index is -0.988. The summed E-state index contributed by atoms with van der Waals surface area (Å²) < 4.78 is 7.54. The first kappa shape index (κ1) is 28.0. The number of fused-ring (bicyclic) bond motifs is 1. The SMILES string of the molecule is Cc1ncc(-c2ccc(C(=O)N(C)c3nc4cc(CN(C)CCCN(C)C)ccc4n3CC(C)(C)O)s2)o1. The van der Waals surface area contributed by atoms with E-state index in [1.807, 2.05) is 16.7 Å². The van der Waals surface area contributed by atoms with Crippen molar-refractivity contribution in [2.75, 3.05) is 46.2 Å². The van der Waals surface area contributed by atoms with Gasteiger partial charge in [-0.1, -0.05) is 6.07 Å². The number of anilines is 1. The van der Waals surface area contributed by atoms with Gasteiger partial charge in [0, 0.05) is 20.5 Å². The van der Waals surface area contributed by atoms with Crippen LogP contribution in [0.15, 0.2) is 40.9 Å². The summed E-state index contributed by atoms with van der Waals surface area (Å²) in [6.45, 7) is 8.47. The highest BCUT2D eigenvalue weighted by atomic mass is 32.1. The molecule has 1 N–H and O–H groups in total. The number of amides is 1. The molecule has 3 aromatic heterocycles. The lowest BCUT2D eigenvalue weighted by molar-refractivity contribution is 0.0628. The molecule has 0 fully saturated rings. The van der Waals surface area contributed by atoms with E-state index < -0.39 is 5.60 Å². The summed E-state index contributed by atoms with van der Waals surface area (Å²) in [5.74, 6) is 1.54. The van der Waals surface area contributed by atoms with E-state index in [9.17, 15) is 9.90 Å². The van der Waals surface area contributed by atoms with Gasteiger partial charge in [-0.3, -0.25) is 9.69 Å². The van der Waals surface area contributed by atoms with Gasteiger partial charge in [0.1, 0.15) is 0 Å². The zero-order valence-electron chi connectivity index (χ0n) is 23.4. The number of aromatic nitrogens is 3. The number of carbonyl (C=O) groups excluding carboxylic acids is 1. The van der Waals surface area contributed by atoms with Gasteiger partial charge in [0.25, 0.3) is 5.91 Å². The molecule has 0 unspecified atom stereocenters. The zero-order chi connectivity index (χ0) is 27.6. The van der Waals surface area contributed by atoms with E-state index in [-0.39, 0.29) is 5.91 Å². The molecule has 38 heavy (non-hydrogen) atoms. The molecule has 0 aliphatic rings. The molecule has 0 spiro atoms. The van der Waals surface area contributed by atoms with Gasteiger partial charge >= 0.3 is 0 Å². The lowest BCUT2D eigenvalue weighted by atomic mass is 10.1. The highest BCUT2D eigenvalue weighted by Crippen LogP contribution is 2.31. The van der Waals surface area contributed by atoms with Crippen LogP contribution >= 0.6 is 11.3 Å². The number of oxazole rings is 1. The molecule has 0 bridgehead atoms. The fourth-order valence-electron chi connectivity index (χ4n) is 4.42. The van der Waals surface area contributed by atoms with E-state index in [2.05, 4.69) is 48.1 Å². The second kappa shape index (κ2) is 11.4. The fraction of sp³-hybridized carbons (Fsp3) is 0.464. The largest absolute Gasteiger partial charge is 0.440 e. The number of carbonyl (C=O) groups is 1. The number of rotatable bonds is 11. The summed E-state index contributed by atoms with van der Waals surface area (Å²) in [4.78, 5) is 30.0. The predicted octanol–water partition coefficient (Wildman–Crippen LogP) is 4.49. The van der Waals surface area contributed by atoms with Gasteiger partial charge in [-0.05, 0) is 84.3 Å². The summed E-state index contributed by atoms with van der Waals surface area (Å²) in [6.07, 6.45) is 2.77. The molecule has 4 aromatic rings. The fourth-order valence-corrected chi connectivity index (χ4v) is 5.35. The Hall–Kier alpha value is -3.05. The lowest BCUT2D eigenvalue weighted by Crippen LogP contribution is -2.32. The average Bonchev–Trinajstić information content (AvgIpc) is 3.56. The third-order valence-corrected chi connectivity index (χ3v) is 7.31. The Morgan fingerprint density at radius 1 is 1.13 bits per heavy atom. The Bertz CT molecular complexity index is 1400. The van der Waals surface area contributed by atoms with Crippen molar-refractivity contribution in [1.82, 2.24) is 24.3 Å². The van der Waals surface area contributed by atoms with Crippen LogP contribution in [0.25, 0.3) is 21.7 Å². The summed E-state index contributed by atoms with van der Waals surface area (Å²) >= 11 is 1.35. The number of hydrogen-bond donors (Lipinski definition) is 1. The minimum absolute atomic E-state index is 0.175. The van der Waals surface area contributed by atoms with Crippen molar-refractivity contribution >= 4 is 34.2 Å². The van der Waals surface area contributed by atoms with E-state index in [0.29, 0.717) is 29.0 Å². The van der Waals surface area contributed by atoms with Crippen LogP contribution in [-0.4, -0.2) is 82.2 Å². The number of aryl methyl sites for hydroxylation is 1. The van der Waals surface area contributed by atoms with Crippen LogP contribution in [0.1, 0.15) is 41.4 Å². The molecule has 4 rings (SSSR count). The number of imidazole rings is 1. The first-order valence-corrected chi connectivity index (χ1v) is 13.6. The predicted molar refractivity (Wildman–Crippen MR) is 153 cm³/mol. The lowest BCUT2D eigenvalue weighted by Gasteiger charge is -2.23. The molecule has 0 atom stereocenters. The maximum absolute atomic E-state index is 13.5. The van der Waals surface area contributed by atoms with Crippen molar-refractivity contribution in [3.05, 3.63) is 52.9 Å². The second-order valence-corrected chi connectivity index (χ2v) is 11.9. The van der Waals surface area contributed by atoms with E-state index in [1.54, 1.807) is 45.0 Å². The maximum atomic E-state index is 13.5. The molecule has 1 amide bonds. The number of aliphatic hydroxyl groups is 1. The molecular formula is C28H38N6O3S. The monoisotopic (exact) mass is 538 g/mol. The maximum Gasteiger partial charge on any atom is 0.270 e. The highest BCUT2D eigenvalue weighted by Gasteiger charge is 2.26. The van der Waals surface area contributed by atoms with Crippen LogP contribution in [0.5, 0.6) is 0 Å². The van der Waals surface area contributed by atoms with Crippen LogP contribution in [0.4, 0.5) is 5.95 Å². The first-order chi connectivity index (χ1) is 17.9. The molecule has 9 nitrogen and oxygen atoms in total. The first-order valence-electron chi connectivity index (χ1n) is 12.8. The molecule has 204 valence electrons. The molecule has 0 saturated carbocycles. The molecule has 0 radical (unpaired) electrons. The molecule has 0 aliphatic carbocycles. The Balaban J connectivity index is 1.61. The van der Waals surface area contributed by atoms with Gasteiger partial charge in [0.2, 0.25) is 5.95 Å². The van der Waals surface area contributed by atoms with Gasteiger partial charge in [-0.25, -0.2) is 9.97 Å². The van der Waals surface area contributed by atoms with E-state index in [1.165, 1.54) is 11.3 Å². The van der Waals surface area contributed by atoms with Gasteiger partial charge < -0.3 is 23.9 Å². The second-order valence-electron chi connectivity index (χ2n) is 10.8. The van der Waals surface area contributed by atoms with Crippen LogP contribution < -0.4 is 4.90 Å². The summed E-state index contributed by atoms with van der Waals surface area (Å²) in [5, 5.41) is 10.7. The van der Waals surface area contributed by atoms with Crippen molar-refractivity contribution in [3.8, 4) is 10.6 Å². The van der Waals surface area contributed by atoms with Crippen LogP contribution in [0.3, 0.4) is 0 Å². The molecular weight excluding hydrogens is 500 g/mol. The standard InChI is InChI=1S/C28H38N6O3S/c1-19-29-16-23(37-19)24-11-12-25(38-24)26(35)33(7)27-30-21-15-20(17-32(6)14-8-13-31(4)5)9-10-22(21)34(27)18-28(2,3)36/h9-12,15-16,36H,8,13-14,17-18H2,1-7H3. The van der Waals surface area contributed by atoms with E-state index in [4.69, 9.17) is 9.40 Å². The normalized spacial score (nSPS) is 12.3. The molecule has 0 saturated heterocycles. The van der Waals surface area contributed by atoms with E-state index >= 15 is 0 Å². The summed E-state index contributed by atoms with van der Waals surface area (Å²) in [5.41, 5.74) is 1.85. The third kappa shape index (κ3) is 6.68. The van der Waals surface area contributed by atoms with Gasteiger partial charge in [0.15, 0.2) is 11.7 Å². The number of nitrogens with zero attached hydrogens (tertiary/aromatic N) is 6. The smallest absolute Gasteiger partial charge is 0.270 e. The van der Waals surface area contributed by atoms with Crippen LogP contribution in [0, 0.1) is 6.92 Å². The Morgan fingerprint density at radius 3 is 2.55 bits per heavy atom. The number of thiophene rings is 1. The molecule has 10 heteroatoms. The van der Waals surface area contributed by atoms with Crippen LogP contribution in [-0.2, 0) is 13.1 Å². The number of hydrogen-bond acceptors (Lipinski definition) is 8. The number of benzene rings is 1. The van der Waals surface area contributed by atoms with Crippen molar-refractivity contribution in [3.63, 3.8) is 0 Å². The summed E-state index contributed by atoms with van der Waals surface area (Å²) in [7, 11) is 8.03. The minimum Gasteiger partial charge on any atom is -0.440 e. The van der Waals surface area contributed by atoms with Gasteiger partial charge in [-0.15, -0.1) is 11.3 Å². The molecule has 0 aliphatic heterocycles. The van der Waals surface area contributed by atoms with Crippen molar-refractivity contribution < 1.29 is 14.3 Å². The Morgan fingerprint density at radius 2 is 1.89 bits per heavy atom. The molecule has 3 heterocycles. The Kier molecular flexibility index (Phi) is 8.37. The highest BCUT2D eigenvalue weighted by molar-refractivity contribution is 7.17. The average molecular weight is 539 g/mol. The Labute approximate surface area is 228 Å². The van der Waals surface area contributed by atoms with Crippen LogP contribution in [0.2, 0.25) is 0 Å². The van der Waals surface area contributed by atoms with Crippen molar-refractivity contribution in [2.24, 2.45) is 0 Å². The van der Waals surface area contributed by atoms with Gasteiger partial charge in [0.05, 0.1) is 39.1 Å². The summed E-state index contributed by atoms with van der Waals surface area (Å²) in [6, 6.07) is 9.88.